The summed E-state index contributed by atoms with van der Waals surface area (Å²) in [5.41, 5.74) is 2.09. The molecule has 96 valence electrons. The van der Waals surface area contributed by atoms with Gasteiger partial charge in [-0.05, 0) is 29.5 Å². The van der Waals surface area contributed by atoms with Crippen molar-refractivity contribution >= 4 is 22.9 Å². The van der Waals surface area contributed by atoms with Gasteiger partial charge in [0.2, 0.25) is 0 Å². The smallest absolute Gasteiger partial charge is 0.0931 e. The molecule has 0 saturated heterocycles. The average molecular weight is 282 g/mol. The Bertz CT molecular complexity index is 486. The molecule has 0 aliphatic heterocycles. The second-order valence-corrected chi connectivity index (χ2v) is 5.78. The summed E-state index contributed by atoms with van der Waals surface area (Å²) >= 11 is 7.43. The van der Waals surface area contributed by atoms with Crippen LogP contribution in [-0.4, -0.2) is 11.7 Å². The third-order valence-electron chi connectivity index (χ3n) is 2.89. The summed E-state index contributed by atoms with van der Waals surface area (Å²) in [5, 5.41) is 15.4. The number of aliphatic hydroxyl groups is 1. The number of benzene rings is 1. The highest BCUT2D eigenvalue weighted by molar-refractivity contribution is 7.14. The van der Waals surface area contributed by atoms with Crippen molar-refractivity contribution in [2.24, 2.45) is 0 Å². The maximum atomic E-state index is 10.0. The molecule has 4 heteroatoms. The zero-order valence-corrected chi connectivity index (χ0v) is 11.7. The van der Waals surface area contributed by atoms with Gasteiger partial charge in [0, 0.05) is 12.6 Å². The third-order valence-corrected chi connectivity index (χ3v) is 4.00. The molecule has 2 unspecified atom stereocenters. The Labute approximate surface area is 116 Å². The van der Waals surface area contributed by atoms with Crippen LogP contribution in [0.4, 0.5) is 0 Å². The third kappa shape index (κ3) is 3.56. The first-order valence-corrected chi connectivity index (χ1v) is 7.13. The van der Waals surface area contributed by atoms with Gasteiger partial charge in [0.25, 0.3) is 0 Å². The minimum atomic E-state index is -0.484. The molecule has 1 aromatic heterocycles. The van der Waals surface area contributed by atoms with Gasteiger partial charge in [-0.2, -0.15) is 0 Å². The van der Waals surface area contributed by atoms with E-state index in [2.05, 4.69) is 12.2 Å². The highest BCUT2D eigenvalue weighted by Crippen LogP contribution is 2.25. The molecule has 0 fully saturated rings. The van der Waals surface area contributed by atoms with Crippen LogP contribution >= 0.6 is 22.9 Å². The van der Waals surface area contributed by atoms with Crippen molar-refractivity contribution in [2.45, 2.75) is 19.1 Å². The van der Waals surface area contributed by atoms with Crippen LogP contribution in [0.15, 0.2) is 41.8 Å². The van der Waals surface area contributed by atoms with Crippen LogP contribution in [0, 0.1) is 0 Å². The molecule has 0 bridgehead atoms. The topological polar surface area (TPSA) is 32.3 Å². The number of aliphatic hydroxyl groups excluding tert-OH is 1. The monoisotopic (exact) mass is 281 g/mol. The fraction of sp³-hybridized carbons (Fsp3) is 0.286. The van der Waals surface area contributed by atoms with Crippen LogP contribution in [0.2, 0.25) is 4.34 Å². The van der Waals surface area contributed by atoms with Crippen LogP contribution in [-0.2, 0) is 0 Å². The quantitative estimate of drug-likeness (QED) is 0.874. The Morgan fingerprint density at radius 3 is 2.61 bits per heavy atom. The lowest BCUT2D eigenvalue weighted by molar-refractivity contribution is 0.171. The predicted octanol–water partition coefficient (Wildman–Crippen LogP) is 3.79. The lowest BCUT2D eigenvalue weighted by Gasteiger charge is -2.16. The van der Waals surface area contributed by atoms with Gasteiger partial charge in [-0.15, -0.1) is 11.3 Å². The molecule has 1 heterocycles. The van der Waals surface area contributed by atoms with Gasteiger partial charge in [-0.1, -0.05) is 41.9 Å². The van der Waals surface area contributed by atoms with Crippen LogP contribution in [0.5, 0.6) is 0 Å². The van der Waals surface area contributed by atoms with E-state index in [4.69, 9.17) is 11.6 Å². The van der Waals surface area contributed by atoms with Gasteiger partial charge in [-0.3, -0.25) is 0 Å². The molecule has 2 nitrogen and oxygen atoms in total. The molecule has 2 atom stereocenters. The Hall–Kier alpha value is -0.870. The van der Waals surface area contributed by atoms with Crippen molar-refractivity contribution in [1.29, 1.82) is 0 Å². The summed E-state index contributed by atoms with van der Waals surface area (Å²) in [6.07, 6.45) is -0.484. The Balaban J connectivity index is 1.88. The number of nitrogens with one attached hydrogen (secondary N) is 1. The number of halogens is 1. The van der Waals surface area contributed by atoms with Crippen molar-refractivity contribution in [1.82, 2.24) is 5.32 Å². The largest absolute Gasteiger partial charge is 0.387 e. The molecule has 0 radical (unpaired) electrons. The predicted molar refractivity (Wildman–Crippen MR) is 77.1 cm³/mol. The Morgan fingerprint density at radius 2 is 2.00 bits per heavy atom. The lowest BCUT2D eigenvalue weighted by Crippen LogP contribution is -2.24. The zero-order chi connectivity index (χ0) is 13.0. The Morgan fingerprint density at radius 1 is 1.28 bits per heavy atom. The first kappa shape index (κ1) is 13.6. The van der Waals surface area contributed by atoms with Gasteiger partial charge < -0.3 is 10.4 Å². The molecule has 0 spiro atoms. The van der Waals surface area contributed by atoms with Gasteiger partial charge in [0.15, 0.2) is 0 Å². The van der Waals surface area contributed by atoms with E-state index in [0.717, 1.165) is 15.5 Å². The molecule has 2 rings (SSSR count). The van der Waals surface area contributed by atoms with Crippen molar-refractivity contribution in [2.75, 3.05) is 6.54 Å². The number of hydrogen-bond donors (Lipinski definition) is 2. The van der Waals surface area contributed by atoms with Crippen LogP contribution in [0.3, 0.4) is 0 Å². The fourth-order valence-electron chi connectivity index (χ4n) is 1.75. The second-order valence-electron chi connectivity index (χ2n) is 4.24. The van der Waals surface area contributed by atoms with E-state index in [9.17, 15) is 5.11 Å². The van der Waals surface area contributed by atoms with Gasteiger partial charge in [-0.25, -0.2) is 0 Å². The maximum absolute atomic E-state index is 10.0. The summed E-state index contributed by atoms with van der Waals surface area (Å²) in [5.74, 6) is 0. The zero-order valence-electron chi connectivity index (χ0n) is 10.1. The summed E-state index contributed by atoms with van der Waals surface area (Å²) in [6, 6.07) is 11.8. The minimum Gasteiger partial charge on any atom is -0.387 e. The summed E-state index contributed by atoms with van der Waals surface area (Å²) in [6.45, 7) is 2.59. The summed E-state index contributed by atoms with van der Waals surface area (Å²) in [4.78, 5) is 0. The molecule has 0 amide bonds. The molecule has 0 saturated carbocycles. The van der Waals surface area contributed by atoms with E-state index < -0.39 is 6.10 Å². The molecular formula is C14H16ClNOS. The van der Waals surface area contributed by atoms with E-state index in [1.165, 1.54) is 11.3 Å². The Kier molecular flexibility index (Phi) is 4.78. The number of thiophene rings is 1. The first-order chi connectivity index (χ1) is 8.66. The van der Waals surface area contributed by atoms with Crippen LogP contribution in [0.25, 0.3) is 0 Å². The molecule has 0 aliphatic rings. The fourth-order valence-corrected chi connectivity index (χ4v) is 2.73. The van der Waals surface area contributed by atoms with Crippen LogP contribution < -0.4 is 5.32 Å². The molecule has 2 aromatic rings. The van der Waals surface area contributed by atoms with E-state index >= 15 is 0 Å². The molecule has 2 N–H and O–H groups in total. The first-order valence-electron chi connectivity index (χ1n) is 5.87. The summed E-state index contributed by atoms with van der Waals surface area (Å²) < 4.78 is 0.794. The molecule has 1 aromatic carbocycles. The summed E-state index contributed by atoms with van der Waals surface area (Å²) in [7, 11) is 0. The van der Waals surface area contributed by atoms with E-state index in [0.29, 0.717) is 6.54 Å². The van der Waals surface area contributed by atoms with Gasteiger partial charge in [0.1, 0.15) is 0 Å². The molecule has 18 heavy (non-hydrogen) atoms. The average Bonchev–Trinajstić information content (AvgIpc) is 2.83. The minimum absolute atomic E-state index is 0.187. The number of hydrogen-bond acceptors (Lipinski definition) is 3. The van der Waals surface area contributed by atoms with E-state index in [1.807, 2.05) is 41.8 Å². The van der Waals surface area contributed by atoms with Crippen LogP contribution in [0.1, 0.15) is 30.2 Å². The maximum Gasteiger partial charge on any atom is 0.0931 e. The lowest BCUT2D eigenvalue weighted by atomic mass is 10.1. The van der Waals surface area contributed by atoms with Crippen molar-refractivity contribution in [3.63, 3.8) is 0 Å². The molecule has 0 aliphatic carbocycles. The molecular weight excluding hydrogens is 266 g/mol. The standard InChI is InChI=1S/C14H16ClNOS/c1-10(12-7-14(15)18-9-12)16-8-13(17)11-5-3-2-4-6-11/h2-7,9-10,13,16-17H,8H2,1H3. The van der Waals surface area contributed by atoms with E-state index in [-0.39, 0.29) is 6.04 Å². The SMILES string of the molecule is CC(NCC(O)c1ccccc1)c1csc(Cl)c1. The van der Waals surface area contributed by atoms with Crippen molar-refractivity contribution in [3.05, 3.63) is 57.2 Å². The normalized spacial score (nSPS) is 14.4. The highest BCUT2D eigenvalue weighted by Gasteiger charge is 2.11. The second kappa shape index (κ2) is 6.34. The van der Waals surface area contributed by atoms with Crippen molar-refractivity contribution in [3.8, 4) is 0 Å². The van der Waals surface area contributed by atoms with Gasteiger partial charge >= 0.3 is 0 Å². The van der Waals surface area contributed by atoms with E-state index in [1.54, 1.807) is 0 Å². The van der Waals surface area contributed by atoms with Gasteiger partial charge in [0.05, 0.1) is 10.4 Å². The number of rotatable bonds is 5. The highest BCUT2D eigenvalue weighted by atomic mass is 35.5. The van der Waals surface area contributed by atoms with Crippen molar-refractivity contribution < 1.29 is 5.11 Å².